The molecule has 236 valence electrons. The van der Waals surface area contributed by atoms with Crippen molar-refractivity contribution in [2.45, 2.75) is 104 Å². The van der Waals surface area contributed by atoms with E-state index in [0.29, 0.717) is 33.0 Å². The number of hydrogen-bond donors (Lipinski definition) is 0. The van der Waals surface area contributed by atoms with Gasteiger partial charge in [-0.05, 0) is 82.3 Å². The predicted molar refractivity (Wildman–Crippen MR) is 185 cm³/mol. The third-order valence-electron chi connectivity index (χ3n) is 10.5. The zero-order valence-electron chi connectivity index (χ0n) is 27.4. The highest BCUT2D eigenvalue weighted by atomic mass is 16.2. The molecular weight excluding hydrogens is 572 g/mol. The highest BCUT2D eigenvalue weighted by molar-refractivity contribution is 6.41. The number of hydrogen-bond acceptors (Lipinski definition) is 4. The lowest BCUT2D eigenvalue weighted by Gasteiger charge is -2.35. The molecule has 2 aliphatic heterocycles. The third kappa shape index (κ3) is 4.29. The van der Waals surface area contributed by atoms with Gasteiger partial charge in [0, 0.05) is 45.1 Å². The molecule has 6 nitrogen and oxygen atoms in total. The van der Waals surface area contributed by atoms with E-state index in [1.165, 1.54) is 9.80 Å². The Morgan fingerprint density at radius 2 is 0.717 bits per heavy atom. The van der Waals surface area contributed by atoms with Crippen LogP contribution in [-0.4, -0.2) is 45.5 Å². The largest absolute Gasteiger partial charge is 0.271 e. The van der Waals surface area contributed by atoms with E-state index < -0.39 is 0 Å². The Morgan fingerprint density at radius 1 is 0.413 bits per heavy atom. The van der Waals surface area contributed by atoms with Crippen molar-refractivity contribution in [3.8, 4) is 0 Å². The minimum absolute atomic E-state index is 0.120. The molecule has 2 unspecified atom stereocenters. The van der Waals surface area contributed by atoms with E-state index in [4.69, 9.17) is 0 Å². The average molecular weight is 615 g/mol. The van der Waals surface area contributed by atoms with Crippen LogP contribution in [0.3, 0.4) is 0 Å². The van der Waals surface area contributed by atoms with Crippen molar-refractivity contribution in [2.24, 2.45) is 0 Å². The zero-order valence-corrected chi connectivity index (χ0v) is 27.4. The summed E-state index contributed by atoms with van der Waals surface area (Å²) in [5.74, 6) is -0.860. The van der Waals surface area contributed by atoms with E-state index in [9.17, 15) is 19.2 Å². The maximum atomic E-state index is 14.1. The van der Waals surface area contributed by atoms with E-state index in [1.807, 2.05) is 48.5 Å². The number of carbonyl (C=O) groups excluding carboxylic acids is 4. The molecule has 0 bridgehead atoms. The molecule has 0 aliphatic carbocycles. The highest BCUT2D eigenvalue weighted by Crippen LogP contribution is 2.47. The molecule has 6 heteroatoms. The fraction of sp³-hybridized carbons (Fsp3) is 0.400. The van der Waals surface area contributed by atoms with Crippen LogP contribution in [0.15, 0.2) is 48.5 Å². The van der Waals surface area contributed by atoms with Gasteiger partial charge < -0.3 is 0 Å². The maximum Gasteiger partial charge on any atom is 0.261 e. The standard InChI is InChI=1S/C40H42N2O4/c1-5-9-13-23(11-7-3)41-37(43)29-19-15-25-27-17-21-31-36-32(40(46)42(39(31)45)24(12-8-4)14-10-6-2)22-18-28(34(27)36)26-16-20-30(38(41)44)35(29)33(25)26/h15-24H,5-14H2,1-4H3. The summed E-state index contributed by atoms with van der Waals surface area (Å²) in [5, 5.41) is 6.90. The van der Waals surface area contributed by atoms with Crippen molar-refractivity contribution in [2.75, 3.05) is 0 Å². The summed E-state index contributed by atoms with van der Waals surface area (Å²) in [6, 6.07) is 15.2. The summed E-state index contributed by atoms with van der Waals surface area (Å²) < 4.78 is 0. The maximum absolute atomic E-state index is 14.1. The number of unbranched alkanes of at least 4 members (excludes halogenated alkanes) is 2. The van der Waals surface area contributed by atoms with Crippen LogP contribution in [0.25, 0.3) is 43.1 Å². The Labute approximate surface area is 270 Å². The molecule has 4 amide bonds. The molecule has 46 heavy (non-hydrogen) atoms. The van der Waals surface area contributed by atoms with Gasteiger partial charge >= 0.3 is 0 Å². The van der Waals surface area contributed by atoms with Crippen molar-refractivity contribution >= 4 is 66.7 Å². The summed E-state index contributed by atoms with van der Waals surface area (Å²) in [7, 11) is 0. The Morgan fingerprint density at radius 3 is 0.978 bits per heavy atom. The van der Waals surface area contributed by atoms with Crippen LogP contribution in [0.1, 0.15) is 133 Å². The van der Waals surface area contributed by atoms with Gasteiger partial charge in [-0.25, -0.2) is 0 Å². The number of rotatable bonds is 12. The van der Waals surface area contributed by atoms with E-state index in [0.717, 1.165) is 96.5 Å². The number of imide groups is 2. The molecule has 5 aromatic rings. The second-order valence-electron chi connectivity index (χ2n) is 13.3. The molecule has 7 rings (SSSR count). The van der Waals surface area contributed by atoms with Crippen LogP contribution in [0, 0.1) is 0 Å². The Hall–Kier alpha value is -4.32. The number of fused-ring (bicyclic) bond motifs is 2. The first kappa shape index (κ1) is 30.3. The summed E-state index contributed by atoms with van der Waals surface area (Å²) in [5.41, 5.74) is 2.27. The van der Waals surface area contributed by atoms with Crippen LogP contribution >= 0.6 is 0 Å². The van der Waals surface area contributed by atoms with Crippen LogP contribution in [0.2, 0.25) is 0 Å². The summed E-state index contributed by atoms with van der Waals surface area (Å²) in [4.78, 5) is 59.4. The van der Waals surface area contributed by atoms with Crippen LogP contribution < -0.4 is 0 Å². The second kappa shape index (κ2) is 11.8. The van der Waals surface area contributed by atoms with Gasteiger partial charge in [-0.3, -0.25) is 29.0 Å². The van der Waals surface area contributed by atoms with Gasteiger partial charge in [-0.1, -0.05) is 90.5 Å². The van der Waals surface area contributed by atoms with Gasteiger partial charge in [0.05, 0.1) is 0 Å². The lowest BCUT2D eigenvalue weighted by atomic mass is 9.81. The first-order valence-electron chi connectivity index (χ1n) is 17.3. The number of carbonyl (C=O) groups is 4. The van der Waals surface area contributed by atoms with E-state index in [1.54, 1.807) is 0 Å². The SMILES string of the molecule is CCCCC(CCC)N1C(=O)c2ccc3c4ccc5c6c(ccc(c7ccc(c2c37)C1=O)c64)C(=O)N(C(CCC)CCCC)C5=O. The summed E-state index contributed by atoms with van der Waals surface area (Å²) >= 11 is 0. The molecule has 2 heterocycles. The summed E-state index contributed by atoms with van der Waals surface area (Å²) in [6.45, 7) is 8.46. The fourth-order valence-corrected chi connectivity index (χ4v) is 8.32. The predicted octanol–water partition coefficient (Wildman–Crippen LogP) is 9.65. The van der Waals surface area contributed by atoms with Crippen molar-refractivity contribution in [3.63, 3.8) is 0 Å². The smallest absolute Gasteiger partial charge is 0.261 e. The molecule has 0 saturated heterocycles. The molecule has 0 aromatic heterocycles. The molecule has 2 aliphatic rings. The molecule has 0 saturated carbocycles. The van der Waals surface area contributed by atoms with Gasteiger partial charge in [-0.15, -0.1) is 0 Å². The lowest BCUT2D eigenvalue weighted by molar-refractivity contribution is 0.0503. The van der Waals surface area contributed by atoms with E-state index in [2.05, 4.69) is 27.7 Å². The van der Waals surface area contributed by atoms with E-state index in [-0.39, 0.29) is 35.7 Å². The zero-order chi connectivity index (χ0) is 32.3. The average Bonchev–Trinajstić information content (AvgIpc) is 3.06. The first-order chi connectivity index (χ1) is 22.4. The van der Waals surface area contributed by atoms with Gasteiger partial charge in [0.15, 0.2) is 0 Å². The number of nitrogens with zero attached hydrogens (tertiary/aromatic N) is 2. The van der Waals surface area contributed by atoms with Gasteiger partial charge in [0.25, 0.3) is 23.6 Å². The molecule has 0 radical (unpaired) electrons. The van der Waals surface area contributed by atoms with Crippen LogP contribution in [0.5, 0.6) is 0 Å². The first-order valence-corrected chi connectivity index (χ1v) is 17.3. The molecule has 5 aromatic carbocycles. The van der Waals surface area contributed by atoms with Crippen molar-refractivity contribution in [3.05, 3.63) is 70.8 Å². The Bertz CT molecular complexity index is 1790. The summed E-state index contributed by atoms with van der Waals surface area (Å²) in [6.07, 6.45) is 8.95. The van der Waals surface area contributed by atoms with Crippen molar-refractivity contribution in [1.29, 1.82) is 0 Å². The van der Waals surface area contributed by atoms with Gasteiger partial charge in [-0.2, -0.15) is 0 Å². The minimum Gasteiger partial charge on any atom is -0.271 e. The van der Waals surface area contributed by atoms with Gasteiger partial charge in [0.1, 0.15) is 0 Å². The topological polar surface area (TPSA) is 74.8 Å². The minimum atomic E-state index is -0.215. The number of amides is 4. The second-order valence-corrected chi connectivity index (χ2v) is 13.3. The van der Waals surface area contributed by atoms with Crippen LogP contribution in [-0.2, 0) is 0 Å². The number of benzene rings is 5. The molecular formula is C40H42N2O4. The van der Waals surface area contributed by atoms with E-state index >= 15 is 0 Å². The molecule has 0 fully saturated rings. The highest BCUT2D eigenvalue weighted by Gasteiger charge is 2.40. The Balaban J connectivity index is 1.44. The lowest BCUT2D eigenvalue weighted by Crippen LogP contribution is -2.47. The molecule has 0 N–H and O–H groups in total. The Kier molecular flexibility index (Phi) is 7.78. The third-order valence-corrected chi connectivity index (χ3v) is 10.5. The normalized spacial score (nSPS) is 16.2. The monoisotopic (exact) mass is 614 g/mol. The fourth-order valence-electron chi connectivity index (χ4n) is 8.32. The van der Waals surface area contributed by atoms with Gasteiger partial charge in [0.2, 0.25) is 0 Å². The van der Waals surface area contributed by atoms with Crippen molar-refractivity contribution < 1.29 is 19.2 Å². The molecule has 0 spiro atoms. The quantitative estimate of drug-likeness (QED) is 0.0797. The van der Waals surface area contributed by atoms with Crippen LogP contribution in [0.4, 0.5) is 0 Å². The van der Waals surface area contributed by atoms with Crippen molar-refractivity contribution in [1.82, 2.24) is 9.80 Å². The molecule has 2 atom stereocenters.